The van der Waals surface area contributed by atoms with E-state index < -0.39 is 0 Å². The van der Waals surface area contributed by atoms with Crippen LogP contribution in [0.3, 0.4) is 0 Å². The van der Waals surface area contributed by atoms with E-state index in [0.717, 1.165) is 12.8 Å². The van der Waals surface area contributed by atoms with Gasteiger partial charge >= 0.3 is 0 Å². The molecule has 1 aromatic carbocycles. The van der Waals surface area contributed by atoms with Crippen molar-refractivity contribution in [2.75, 3.05) is 18.9 Å². The van der Waals surface area contributed by atoms with Crippen LogP contribution in [0.2, 0.25) is 10.0 Å². The topological polar surface area (TPSA) is 78.9 Å². The molecule has 0 atom stereocenters. The molecule has 2 aromatic rings. The average Bonchev–Trinajstić information content (AvgIpc) is 2.93. The third-order valence-electron chi connectivity index (χ3n) is 3.84. The van der Waals surface area contributed by atoms with Crippen molar-refractivity contribution < 1.29 is 4.74 Å². The predicted molar refractivity (Wildman–Crippen MR) is 81.4 cm³/mol. The Morgan fingerprint density at radius 3 is 2.71 bits per heavy atom. The van der Waals surface area contributed by atoms with Gasteiger partial charge in [0.15, 0.2) is 5.82 Å². The van der Waals surface area contributed by atoms with Gasteiger partial charge in [-0.25, -0.2) is 4.68 Å². The number of rotatable bonds is 2. The van der Waals surface area contributed by atoms with Crippen molar-refractivity contribution in [2.45, 2.75) is 25.3 Å². The third kappa shape index (κ3) is 2.59. The molecule has 0 unspecified atom stereocenters. The second-order valence-electron chi connectivity index (χ2n) is 5.39. The van der Waals surface area contributed by atoms with Crippen LogP contribution < -0.4 is 5.73 Å². The Labute approximate surface area is 132 Å². The summed E-state index contributed by atoms with van der Waals surface area (Å²) >= 11 is 12.4. The van der Waals surface area contributed by atoms with Crippen LogP contribution in [-0.4, -0.2) is 33.4 Å². The minimum atomic E-state index is -0.211. The Morgan fingerprint density at radius 1 is 1.29 bits per heavy atom. The fourth-order valence-corrected chi connectivity index (χ4v) is 2.94. The van der Waals surface area contributed by atoms with Gasteiger partial charge in [0.05, 0.1) is 15.6 Å². The summed E-state index contributed by atoms with van der Waals surface area (Å²) in [6, 6.07) is 3.34. The minimum absolute atomic E-state index is 0.211. The van der Waals surface area contributed by atoms with E-state index in [1.807, 2.05) is 0 Å². The molecular weight excluding hydrogens is 313 g/mol. The number of aromatic nitrogens is 4. The molecule has 1 fully saturated rings. The lowest BCUT2D eigenvalue weighted by Crippen LogP contribution is -2.38. The van der Waals surface area contributed by atoms with E-state index in [1.54, 1.807) is 16.8 Å². The first-order chi connectivity index (χ1) is 10.0. The monoisotopic (exact) mass is 327 g/mol. The zero-order valence-electron chi connectivity index (χ0n) is 11.5. The second-order valence-corrected chi connectivity index (χ2v) is 6.17. The number of nitrogens with zero attached hydrogens (tertiary/aromatic N) is 4. The molecule has 0 aliphatic carbocycles. The zero-order valence-corrected chi connectivity index (χ0v) is 13.0. The summed E-state index contributed by atoms with van der Waals surface area (Å²) in [6.45, 7) is 3.47. The van der Waals surface area contributed by atoms with Gasteiger partial charge in [0.1, 0.15) is 0 Å². The third-order valence-corrected chi connectivity index (χ3v) is 4.64. The zero-order chi connectivity index (χ0) is 15.0. The first kappa shape index (κ1) is 14.6. The largest absolute Gasteiger partial charge is 0.399 e. The Hall–Kier alpha value is -1.37. The first-order valence-electron chi connectivity index (χ1n) is 6.63. The maximum atomic E-state index is 6.29. The summed E-state index contributed by atoms with van der Waals surface area (Å²) in [7, 11) is 0. The summed E-state index contributed by atoms with van der Waals surface area (Å²) < 4.78 is 7.22. The number of benzene rings is 1. The van der Waals surface area contributed by atoms with Crippen molar-refractivity contribution in [3.8, 4) is 11.4 Å². The Bertz CT molecular complexity index is 667. The summed E-state index contributed by atoms with van der Waals surface area (Å²) in [5, 5.41) is 12.8. The molecule has 0 saturated carbocycles. The molecule has 3 rings (SSSR count). The molecule has 112 valence electrons. The molecule has 0 amide bonds. The average molecular weight is 328 g/mol. The highest BCUT2D eigenvalue weighted by molar-refractivity contribution is 6.43. The molecule has 1 aliphatic heterocycles. The lowest BCUT2D eigenvalue weighted by atomic mass is 9.92. The SMILES string of the molecule is CC1(n2nnnc2-c2cc(N)cc(Cl)c2Cl)CCOCC1. The van der Waals surface area contributed by atoms with Gasteiger partial charge in [-0.15, -0.1) is 5.10 Å². The highest BCUT2D eigenvalue weighted by Crippen LogP contribution is 2.37. The van der Waals surface area contributed by atoms with E-state index in [-0.39, 0.29) is 5.54 Å². The van der Waals surface area contributed by atoms with Gasteiger partial charge in [-0.2, -0.15) is 0 Å². The molecule has 1 aliphatic rings. The van der Waals surface area contributed by atoms with Crippen molar-refractivity contribution in [1.29, 1.82) is 0 Å². The normalized spacial score (nSPS) is 17.9. The maximum Gasteiger partial charge on any atom is 0.184 e. The first-order valence-corrected chi connectivity index (χ1v) is 7.38. The minimum Gasteiger partial charge on any atom is -0.399 e. The quantitative estimate of drug-likeness (QED) is 0.858. The van der Waals surface area contributed by atoms with Crippen LogP contribution in [-0.2, 0) is 10.3 Å². The van der Waals surface area contributed by atoms with Gasteiger partial charge in [0, 0.05) is 24.5 Å². The van der Waals surface area contributed by atoms with Gasteiger partial charge in [0.2, 0.25) is 0 Å². The number of nitrogens with two attached hydrogens (primary N) is 1. The van der Waals surface area contributed by atoms with E-state index in [0.29, 0.717) is 40.3 Å². The second kappa shape index (κ2) is 5.44. The van der Waals surface area contributed by atoms with Crippen LogP contribution in [0.1, 0.15) is 19.8 Å². The molecule has 8 heteroatoms. The molecular formula is C13H15Cl2N5O. The van der Waals surface area contributed by atoms with Gasteiger partial charge in [-0.05, 0) is 42.3 Å². The smallest absolute Gasteiger partial charge is 0.184 e. The highest BCUT2D eigenvalue weighted by atomic mass is 35.5. The number of hydrogen-bond acceptors (Lipinski definition) is 5. The van der Waals surface area contributed by atoms with Gasteiger partial charge in [-0.1, -0.05) is 23.2 Å². The molecule has 0 bridgehead atoms. The number of hydrogen-bond donors (Lipinski definition) is 1. The lowest BCUT2D eigenvalue weighted by molar-refractivity contribution is 0.0240. The molecule has 0 spiro atoms. The maximum absolute atomic E-state index is 6.29. The van der Waals surface area contributed by atoms with Crippen molar-refractivity contribution in [1.82, 2.24) is 20.2 Å². The van der Waals surface area contributed by atoms with Crippen LogP contribution in [0, 0.1) is 0 Å². The number of anilines is 1. The summed E-state index contributed by atoms with van der Waals surface area (Å²) in [5.74, 6) is 0.568. The summed E-state index contributed by atoms with van der Waals surface area (Å²) in [6.07, 6.45) is 1.66. The molecule has 21 heavy (non-hydrogen) atoms. The molecule has 2 N–H and O–H groups in total. The molecule has 1 aromatic heterocycles. The van der Waals surface area contributed by atoms with E-state index in [9.17, 15) is 0 Å². The van der Waals surface area contributed by atoms with E-state index in [4.69, 9.17) is 33.7 Å². The Kier molecular flexibility index (Phi) is 3.77. The van der Waals surface area contributed by atoms with Gasteiger partial charge < -0.3 is 10.5 Å². The Morgan fingerprint density at radius 2 is 2.00 bits per heavy atom. The number of halogens is 2. The highest BCUT2D eigenvalue weighted by Gasteiger charge is 2.33. The number of nitrogen functional groups attached to an aromatic ring is 1. The van der Waals surface area contributed by atoms with Gasteiger partial charge in [0.25, 0.3) is 0 Å². The molecule has 2 heterocycles. The van der Waals surface area contributed by atoms with Crippen molar-refractivity contribution in [3.63, 3.8) is 0 Å². The van der Waals surface area contributed by atoms with Crippen LogP contribution >= 0.6 is 23.2 Å². The molecule has 6 nitrogen and oxygen atoms in total. The fourth-order valence-electron chi connectivity index (χ4n) is 2.51. The molecule has 1 saturated heterocycles. The summed E-state index contributed by atoms with van der Waals surface area (Å²) in [4.78, 5) is 0. The standard InChI is InChI=1S/C13H15Cl2N5O/c1-13(2-4-21-5-3-13)20-12(17-18-19-20)9-6-8(16)7-10(14)11(9)15/h6-7H,2-5,16H2,1H3. The van der Waals surface area contributed by atoms with Crippen LogP contribution in [0.25, 0.3) is 11.4 Å². The van der Waals surface area contributed by atoms with Crippen molar-refractivity contribution in [2.24, 2.45) is 0 Å². The van der Waals surface area contributed by atoms with Crippen molar-refractivity contribution >= 4 is 28.9 Å². The van der Waals surface area contributed by atoms with Crippen LogP contribution in [0.5, 0.6) is 0 Å². The van der Waals surface area contributed by atoms with Crippen molar-refractivity contribution in [3.05, 3.63) is 22.2 Å². The number of ether oxygens (including phenoxy) is 1. The fraction of sp³-hybridized carbons (Fsp3) is 0.462. The lowest BCUT2D eigenvalue weighted by Gasteiger charge is -2.33. The van der Waals surface area contributed by atoms with E-state index in [1.165, 1.54) is 0 Å². The van der Waals surface area contributed by atoms with E-state index >= 15 is 0 Å². The van der Waals surface area contributed by atoms with Crippen LogP contribution in [0.15, 0.2) is 12.1 Å². The van der Waals surface area contributed by atoms with Crippen LogP contribution in [0.4, 0.5) is 5.69 Å². The predicted octanol–water partition coefficient (Wildman–Crippen LogP) is 2.75. The Balaban J connectivity index is 2.11. The van der Waals surface area contributed by atoms with Gasteiger partial charge in [-0.3, -0.25) is 0 Å². The van der Waals surface area contributed by atoms with E-state index in [2.05, 4.69) is 22.4 Å². The molecule has 0 radical (unpaired) electrons. The number of tetrazole rings is 1. The summed E-state index contributed by atoms with van der Waals surface area (Å²) in [5.41, 5.74) is 6.80.